The summed E-state index contributed by atoms with van der Waals surface area (Å²) in [7, 11) is 0. The van der Waals surface area contributed by atoms with Crippen molar-refractivity contribution in [2.75, 3.05) is 0 Å². The predicted molar refractivity (Wildman–Crippen MR) is 80.6 cm³/mol. The van der Waals surface area contributed by atoms with Crippen LogP contribution in [0.4, 0.5) is 0 Å². The SMILES string of the molecule is C=C(C(C)C/C=C/C(=O)CC)C(CC)C(C)CC. The first-order valence-corrected chi connectivity index (χ1v) is 7.35. The molecule has 18 heavy (non-hydrogen) atoms. The fraction of sp³-hybridized carbons (Fsp3) is 0.706. The minimum absolute atomic E-state index is 0.210. The first-order valence-electron chi connectivity index (χ1n) is 7.35. The van der Waals surface area contributed by atoms with Gasteiger partial charge in [-0.05, 0) is 36.7 Å². The summed E-state index contributed by atoms with van der Waals surface area (Å²) < 4.78 is 0. The van der Waals surface area contributed by atoms with Crippen molar-refractivity contribution in [3.05, 3.63) is 24.3 Å². The number of carbonyl (C=O) groups is 1. The van der Waals surface area contributed by atoms with Gasteiger partial charge in [0.15, 0.2) is 5.78 Å². The number of hydrogen-bond acceptors (Lipinski definition) is 1. The van der Waals surface area contributed by atoms with Gasteiger partial charge in [-0.25, -0.2) is 0 Å². The van der Waals surface area contributed by atoms with E-state index in [0.29, 0.717) is 24.2 Å². The van der Waals surface area contributed by atoms with Gasteiger partial charge >= 0.3 is 0 Å². The summed E-state index contributed by atoms with van der Waals surface area (Å²) in [4.78, 5) is 11.2. The Morgan fingerprint density at radius 1 is 1.17 bits per heavy atom. The van der Waals surface area contributed by atoms with Crippen LogP contribution >= 0.6 is 0 Å². The molecule has 0 amide bonds. The highest BCUT2D eigenvalue weighted by atomic mass is 16.1. The van der Waals surface area contributed by atoms with Crippen LogP contribution in [0.1, 0.15) is 60.3 Å². The van der Waals surface area contributed by atoms with Crippen molar-refractivity contribution in [1.82, 2.24) is 0 Å². The molecule has 0 fully saturated rings. The van der Waals surface area contributed by atoms with E-state index in [1.54, 1.807) is 6.08 Å². The number of allylic oxidation sites excluding steroid dienone is 3. The van der Waals surface area contributed by atoms with Crippen LogP contribution in [0.25, 0.3) is 0 Å². The van der Waals surface area contributed by atoms with E-state index in [-0.39, 0.29) is 5.78 Å². The molecule has 0 aliphatic heterocycles. The van der Waals surface area contributed by atoms with Crippen LogP contribution in [-0.2, 0) is 4.79 Å². The Morgan fingerprint density at radius 3 is 2.22 bits per heavy atom. The maximum absolute atomic E-state index is 11.2. The van der Waals surface area contributed by atoms with E-state index in [1.807, 2.05) is 13.0 Å². The van der Waals surface area contributed by atoms with Crippen molar-refractivity contribution < 1.29 is 4.79 Å². The van der Waals surface area contributed by atoms with E-state index in [1.165, 1.54) is 12.0 Å². The van der Waals surface area contributed by atoms with E-state index >= 15 is 0 Å². The fourth-order valence-corrected chi connectivity index (χ4v) is 2.35. The molecule has 0 N–H and O–H groups in total. The van der Waals surface area contributed by atoms with Gasteiger partial charge < -0.3 is 0 Å². The van der Waals surface area contributed by atoms with Gasteiger partial charge in [0.05, 0.1) is 0 Å². The molecule has 0 aliphatic rings. The zero-order chi connectivity index (χ0) is 14.1. The van der Waals surface area contributed by atoms with Gasteiger partial charge in [-0.1, -0.05) is 59.3 Å². The molecule has 0 saturated carbocycles. The lowest BCUT2D eigenvalue weighted by Crippen LogP contribution is -2.16. The quantitative estimate of drug-likeness (QED) is 0.407. The molecule has 0 aromatic carbocycles. The number of ketones is 1. The van der Waals surface area contributed by atoms with E-state index in [9.17, 15) is 4.79 Å². The summed E-state index contributed by atoms with van der Waals surface area (Å²) in [5.74, 6) is 1.98. The summed E-state index contributed by atoms with van der Waals surface area (Å²) in [5.41, 5.74) is 1.35. The zero-order valence-electron chi connectivity index (χ0n) is 12.8. The van der Waals surface area contributed by atoms with E-state index < -0.39 is 0 Å². The average molecular weight is 250 g/mol. The maximum atomic E-state index is 11.2. The normalized spacial score (nSPS) is 16.5. The van der Waals surface area contributed by atoms with Crippen molar-refractivity contribution in [1.29, 1.82) is 0 Å². The highest BCUT2D eigenvalue weighted by Crippen LogP contribution is 2.31. The van der Waals surface area contributed by atoms with E-state index in [2.05, 4.69) is 34.3 Å². The molecule has 104 valence electrons. The molecule has 3 unspecified atom stereocenters. The van der Waals surface area contributed by atoms with Gasteiger partial charge in [-0.15, -0.1) is 0 Å². The Labute approximate surface area is 113 Å². The van der Waals surface area contributed by atoms with Crippen molar-refractivity contribution in [2.45, 2.75) is 60.3 Å². The van der Waals surface area contributed by atoms with Crippen LogP contribution in [0.15, 0.2) is 24.3 Å². The summed E-state index contributed by atoms with van der Waals surface area (Å²) in [5, 5.41) is 0. The molecule has 0 rings (SSSR count). The number of carbonyl (C=O) groups excluding carboxylic acids is 1. The molecule has 0 aromatic rings. The molecule has 0 radical (unpaired) electrons. The first kappa shape index (κ1) is 17.2. The number of hydrogen-bond donors (Lipinski definition) is 0. The van der Waals surface area contributed by atoms with Gasteiger partial charge in [0.25, 0.3) is 0 Å². The fourth-order valence-electron chi connectivity index (χ4n) is 2.35. The third-order valence-electron chi connectivity index (χ3n) is 4.02. The monoisotopic (exact) mass is 250 g/mol. The third-order valence-corrected chi connectivity index (χ3v) is 4.02. The second-order valence-electron chi connectivity index (χ2n) is 5.33. The van der Waals surface area contributed by atoms with Crippen LogP contribution in [0.5, 0.6) is 0 Å². The lowest BCUT2D eigenvalue weighted by atomic mass is 9.78. The Balaban J connectivity index is 4.40. The Hall–Kier alpha value is -0.850. The van der Waals surface area contributed by atoms with Crippen LogP contribution in [0.3, 0.4) is 0 Å². The summed E-state index contributed by atoms with van der Waals surface area (Å²) in [6.45, 7) is 15.2. The van der Waals surface area contributed by atoms with Crippen molar-refractivity contribution in [3.63, 3.8) is 0 Å². The van der Waals surface area contributed by atoms with E-state index in [4.69, 9.17) is 0 Å². The first-order chi connectivity index (χ1) is 8.47. The maximum Gasteiger partial charge on any atom is 0.155 e. The molecule has 0 aromatic heterocycles. The largest absolute Gasteiger partial charge is 0.295 e. The van der Waals surface area contributed by atoms with Crippen LogP contribution in [-0.4, -0.2) is 5.78 Å². The van der Waals surface area contributed by atoms with Gasteiger partial charge in [0, 0.05) is 6.42 Å². The molecule has 1 nitrogen and oxygen atoms in total. The summed E-state index contributed by atoms with van der Waals surface area (Å²) in [6, 6.07) is 0. The van der Waals surface area contributed by atoms with Crippen LogP contribution in [0.2, 0.25) is 0 Å². The van der Waals surface area contributed by atoms with Gasteiger partial charge in [0.2, 0.25) is 0 Å². The van der Waals surface area contributed by atoms with Crippen LogP contribution in [0, 0.1) is 17.8 Å². The third kappa shape index (κ3) is 5.66. The Bertz CT molecular complexity index is 288. The van der Waals surface area contributed by atoms with Crippen molar-refractivity contribution in [2.24, 2.45) is 17.8 Å². The summed E-state index contributed by atoms with van der Waals surface area (Å²) >= 11 is 0. The average Bonchev–Trinajstić information content (AvgIpc) is 2.38. The predicted octanol–water partition coefficient (Wildman–Crippen LogP) is 5.18. The second kappa shape index (κ2) is 9.13. The molecule has 1 heteroatoms. The molecule has 0 aliphatic carbocycles. The minimum atomic E-state index is 0.210. The standard InChI is InChI=1S/C17H30O/c1-7-13(4)17(9-3)15(6)14(5)11-10-12-16(18)8-2/h10,12-14,17H,6-9,11H2,1-5H3/b12-10+. The molecule has 3 atom stereocenters. The molecule has 0 saturated heterocycles. The van der Waals surface area contributed by atoms with Gasteiger partial charge in [-0.2, -0.15) is 0 Å². The second-order valence-corrected chi connectivity index (χ2v) is 5.33. The Morgan fingerprint density at radius 2 is 1.78 bits per heavy atom. The highest BCUT2D eigenvalue weighted by molar-refractivity contribution is 5.89. The van der Waals surface area contributed by atoms with E-state index in [0.717, 1.165) is 12.8 Å². The highest BCUT2D eigenvalue weighted by Gasteiger charge is 2.20. The topological polar surface area (TPSA) is 17.1 Å². The zero-order valence-corrected chi connectivity index (χ0v) is 12.8. The lowest BCUT2D eigenvalue weighted by Gasteiger charge is -2.27. The Kier molecular flexibility index (Phi) is 8.70. The number of rotatable bonds is 9. The molecular formula is C17H30O. The van der Waals surface area contributed by atoms with Crippen molar-refractivity contribution in [3.8, 4) is 0 Å². The molecular weight excluding hydrogens is 220 g/mol. The van der Waals surface area contributed by atoms with Gasteiger partial charge in [-0.3, -0.25) is 4.79 Å². The minimum Gasteiger partial charge on any atom is -0.295 e. The summed E-state index contributed by atoms with van der Waals surface area (Å²) in [6.07, 6.45) is 7.61. The lowest BCUT2D eigenvalue weighted by molar-refractivity contribution is -0.114. The molecule has 0 spiro atoms. The molecule has 0 heterocycles. The smallest absolute Gasteiger partial charge is 0.155 e. The van der Waals surface area contributed by atoms with Crippen LogP contribution < -0.4 is 0 Å². The van der Waals surface area contributed by atoms with Gasteiger partial charge in [0.1, 0.15) is 0 Å². The van der Waals surface area contributed by atoms with Crippen molar-refractivity contribution >= 4 is 5.78 Å². The molecule has 0 bridgehead atoms.